The zero-order valence-electron chi connectivity index (χ0n) is 9.03. The fraction of sp³-hybridized carbons (Fsp3) is 0.167. The van der Waals surface area contributed by atoms with E-state index in [-0.39, 0.29) is 11.4 Å². The maximum Gasteiger partial charge on any atom is 0.287 e. The molecule has 0 saturated heterocycles. The van der Waals surface area contributed by atoms with Crippen molar-refractivity contribution in [2.24, 2.45) is 0 Å². The second-order valence-electron chi connectivity index (χ2n) is 3.75. The van der Waals surface area contributed by atoms with Crippen molar-refractivity contribution in [3.05, 3.63) is 46.2 Å². The van der Waals surface area contributed by atoms with Crippen LogP contribution in [0.2, 0.25) is 5.02 Å². The molecule has 1 aromatic carbocycles. The number of carbonyl (C=O) groups excluding carboxylic acids is 2. The first-order chi connectivity index (χ1) is 8.02. The largest absolute Gasteiger partial charge is 0.503 e. The van der Waals surface area contributed by atoms with Gasteiger partial charge in [0.1, 0.15) is 0 Å². The number of nitrogens with one attached hydrogen (secondary N) is 1. The standard InChI is InChI=1S/C12H10ClNO3/c1-6(15)9-10(14-12(17)11(9)16)7-4-2-3-5-8(7)13/h2-5,10,16H,1H3,(H,14,17). The number of Topliss-reactive ketones (excluding diaryl/α,β-unsaturated/α-hetero) is 1. The molecule has 1 heterocycles. The van der Waals surface area contributed by atoms with Crippen LogP contribution in [0.4, 0.5) is 0 Å². The number of hydrogen-bond donors (Lipinski definition) is 2. The molecule has 2 rings (SSSR count). The van der Waals surface area contributed by atoms with Crippen LogP contribution in [0, 0.1) is 0 Å². The number of carbonyl (C=O) groups is 2. The van der Waals surface area contributed by atoms with Gasteiger partial charge in [0.25, 0.3) is 5.91 Å². The molecule has 1 aliphatic heterocycles. The van der Waals surface area contributed by atoms with Gasteiger partial charge in [0.05, 0.1) is 11.6 Å². The van der Waals surface area contributed by atoms with E-state index in [4.69, 9.17) is 11.6 Å². The van der Waals surface area contributed by atoms with Crippen molar-refractivity contribution in [1.29, 1.82) is 0 Å². The summed E-state index contributed by atoms with van der Waals surface area (Å²) in [6.07, 6.45) is 0. The van der Waals surface area contributed by atoms with Crippen molar-refractivity contribution in [1.82, 2.24) is 5.32 Å². The Morgan fingerprint density at radius 3 is 2.65 bits per heavy atom. The van der Waals surface area contributed by atoms with E-state index in [0.717, 1.165) is 0 Å². The number of aliphatic hydroxyl groups is 1. The molecule has 0 radical (unpaired) electrons. The Balaban J connectivity index is 2.52. The van der Waals surface area contributed by atoms with Crippen LogP contribution in [-0.4, -0.2) is 16.8 Å². The molecule has 5 heteroatoms. The highest BCUT2D eigenvalue weighted by molar-refractivity contribution is 6.31. The van der Waals surface area contributed by atoms with Crippen molar-refractivity contribution in [2.75, 3.05) is 0 Å². The third kappa shape index (κ3) is 1.91. The average Bonchev–Trinajstić information content (AvgIpc) is 2.56. The van der Waals surface area contributed by atoms with Gasteiger partial charge in [-0.25, -0.2) is 0 Å². The van der Waals surface area contributed by atoms with E-state index in [9.17, 15) is 14.7 Å². The van der Waals surface area contributed by atoms with Crippen molar-refractivity contribution in [2.45, 2.75) is 13.0 Å². The fourth-order valence-electron chi connectivity index (χ4n) is 1.84. The zero-order chi connectivity index (χ0) is 12.6. The predicted octanol–water partition coefficient (Wildman–Crippen LogP) is 1.91. The van der Waals surface area contributed by atoms with E-state index in [1.807, 2.05) is 0 Å². The summed E-state index contributed by atoms with van der Waals surface area (Å²) < 4.78 is 0. The molecule has 88 valence electrons. The van der Waals surface area contributed by atoms with E-state index in [2.05, 4.69) is 5.32 Å². The number of ketones is 1. The minimum atomic E-state index is -0.673. The van der Waals surface area contributed by atoms with Crippen LogP contribution in [0.15, 0.2) is 35.6 Å². The summed E-state index contributed by atoms with van der Waals surface area (Å²) in [5.41, 5.74) is 0.653. The fourth-order valence-corrected chi connectivity index (χ4v) is 2.09. The topological polar surface area (TPSA) is 66.4 Å². The summed E-state index contributed by atoms with van der Waals surface area (Å²) in [6.45, 7) is 1.30. The zero-order valence-corrected chi connectivity index (χ0v) is 9.78. The molecule has 0 aliphatic carbocycles. The third-order valence-corrected chi connectivity index (χ3v) is 2.97. The molecular formula is C12H10ClNO3. The minimum Gasteiger partial charge on any atom is -0.503 e. The first kappa shape index (κ1) is 11.7. The highest BCUT2D eigenvalue weighted by Crippen LogP contribution is 2.33. The van der Waals surface area contributed by atoms with E-state index in [0.29, 0.717) is 10.6 Å². The molecule has 1 unspecified atom stereocenters. The van der Waals surface area contributed by atoms with Crippen LogP contribution in [0.25, 0.3) is 0 Å². The van der Waals surface area contributed by atoms with E-state index < -0.39 is 17.7 Å². The van der Waals surface area contributed by atoms with Gasteiger partial charge in [0, 0.05) is 5.02 Å². The Morgan fingerprint density at radius 1 is 1.41 bits per heavy atom. The lowest BCUT2D eigenvalue weighted by Gasteiger charge is -2.14. The minimum absolute atomic E-state index is 0.0584. The molecule has 4 nitrogen and oxygen atoms in total. The number of benzene rings is 1. The number of halogens is 1. The normalized spacial score (nSPS) is 19.4. The molecule has 2 N–H and O–H groups in total. The molecule has 1 aromatic rings. The quantitative estimate of drug-likeness (QED) is 0.844. The summed E-state index contributed by atoms with van der Waals surface area (Å²) in [6, 6.07) is 6.19. The SMILES string of the molecule is CC(=O)C1=C(O)C(=O)NC1c1ccccc1Cl. The van der Waals surface area contributed by atoms with Crippen LogP contribution in [-0.2, 0) is 9.59 Å². The molecule has 17 heavy (non-hydrogen) atoms. The number of amides is 1. The summed E-state index contributed by atoms with van der Waals surface area (Å²) in [4.78, 5) is 22.8. The second-order valence-corrected chi connectivity index (χ2v) is 4.15. The monoisotopic (exact) mass is 251 g/mol. The summed E-state index contributed by atoms with van der Waals surface area (Å²) >= 11 is 6.00. The highest BCUT2D eigenvalue weighted by atomic mass is 35.5. The lowest BCUT2D eigenvalue weighted by Crippen LogP contribution is -2.23. The average molecular weight is 252 g/mol. The Hall–Kier alpha value is -1.81. The maximum atomic E-state index is 11.4. The van der Waals surface area contributed by atoms with Crippen molar-refractivity contribution in [3.63, 3.8) is 0 Å². The van der Waals surface area contributed by atoms with Gasteiger partial charge in [-0.1, -0.05) is 29.8 Å². The molecule has 0 aromatic heterocycles. The van der Waals surface area contributed by atoms with Crippen molar-refractivity contribution >= 4 is 23.3 Å². The van der Waals surface area contributed by atoms with Crippen LogP contribution in [0.3, 0.4) is 0 Å². The van der Waals surface area contributed by atoms with Crippen molar-refractivity contribution in [3.8, 4) is 0 Å². The third-order valence-electron chi connectivity index (χ3n) is 2.63. The van der Waals surface area contributed by atoms with Gasteiger partial charge in [-0.05, 0) is 18.6 Å². The predicted molar refractivity (Wildman–Crippen MR) is 62.7 cm³/mol. The van der Waals surface area contributed by atoms with Gasteiger partial charge in [0.2, 0.25) is 0 Å². The van der Waals surface area contributed by atoms with Gasteiger partial charge in [0.15, 0.2) is 11.5 Å². The van der Waals surface area contributed by atoms with E-state index in [1.54, 1.807) is 24.3 Å². The van der Waals surface area contributed by atoms with Gasteiger partial charge in [-0.3, -0.25) is 9.59 Å². The lowest BCUT2D eigenvalue weighted by atomic mass is 9.98. The molecule has 0 saturated carbocycles. The Morgan fingerprint density at radius 2 is 2.06 bits per heavy atom. The highest BCUT2D eigenvalue weighted by Gasteiger charge is 2.36. The second kappa shape index (κ2) is 4.22. The number of rotatable bonds is 2. The van der Waals surface area contributed by atoms with Crippen LogP contribution in [0.1, 0.15) is 18.5 Å². The Labute approximate surface area is 103 Å². The summed E-state index contributed by atoms with van der Waals surface area (Å²) in [5.74, 6) is -1.53. The Bertz CT molecular complexity index is 536. The van der Waals surface area contributed by atoms with Crippen LogP contribution < -0.4 is 5.32 Å². The number of hydrogen-bond acceptors (Lipinski definition) is 3. The van der Waals surface area contributed by atoms with E-state index in [1.165, 1.54) is 6.92 Å². The molecular weight excluding hydrogens is 242 g/mol. The first-order valence-corrected chi connectivity index (χ1v) is 5.39. The molecule has 0 spiro atoms. The summed E-state index contributed by atoms with van der Waals surface area (Å²) in [5, 5.41) is 12.5. The van der Waals surface area contributed by atoms with Crippen LogP contribution >= 0.6 is 11.6 Å². The smallest absolute Gasteiger partial charge is 0.287 e. The molecule has 0 bridgehead atoms. The Kier molecular flexibility index (Phi) is 2.90. The molecule has 1 amide bonds. The van der Waals surface area contributed by atoms with Gasteiger partial charge in [-0.2, -0.15) is 0 Å². The number of aliphatic hydroxyl groups excluding tert-OH is 1. The van der Waals surface area contributed by atoms with Gasteiger partial charge in [-0.15, -0.1) is 0 Å². The first-order valence-electron chi connectivity index (χ1n) is 5.01. The van der Waals surface area contributed by atoms with Crippen molar-refractivity contribution < 1.29 is 14.7 Å². The van der Waals surface area contributed by atoms with E-state index >= 15 is 0 Å². The molecule has 1 aliphatic rings. The summed E-state index contributed by atoms with van der Waals surface area (Å²) in [7, 11) is 0. The van der Waals surface area contributed by atoms with Gasteiger partial charge >= 0.3 is 0 Å². The van der Waals surface area contributed by atoms with Gasteiger partial charge < -0.3 is 10.4 Å². The molecule has 0 fully saturated rings. The lowest BCUT2D eigenvalue weighted by molar-refractivity contribution is -0.119. The maximum absolute atomic E-state index is 11.4. The molecule has 1 atom stereocenters. The van der Waals surface area contributed by atoms with Crippen LogP contribution in [0.5, 0.6) is 0 Å².